The van der Waals surface area contributed by atoms with Gasteiger partial charge >= 0.3 is 12.4 Å². The number of halogens is 6. The first-order valence-electron chi connectivity index (χ1n) is 11.1. The molecule has 0 aliphatic carbocycles. The summed E-state index contributed by atoms with van der Waals surface area (Å²) >= 11 is 0. The summed E-state index contributed by atoms with van der Waals surface area (Å²) in [6.07, 6.45) is -13.3. The van der Waals surface area contributed by atoms with Gasteiger partial charge in [-0.2, -0.15) is 26.3 Å². The minimum Gasteiger partial charge on any atom is -0.393 e. The van der Waals surface area contributed by atoms with Gasteiger partial charge in [0.1, 0.15) is 11.9 Å². The van der Waals surface area contributed by atoms with Gasteiger partial charge in [0, 0.05) is 12.0 Å². The Balaban J connectivity index is 1.92. The lowest BCUT2D eigenvalue weighted by Crippen LogP contribution is -2.53. The lowest BCUT2D eigenvalue weighted by Gasteiger charge is -2.32. The minimum absolute atomic E-state index is 0.00187. The maximum absolute atomic E-state index is 13.6. The SMILES string of the molecule is O=c1c2cc(C(O)CO)ccc2nc(Cc2ccccc2)n1-c1ccc(C(O)(C(F)(F)F)C(F)(F)F)cc1. The first-order chi connectivity index (χ1) is 17.8. The number of alkyl halides is 6. The van der Waals surface area contributed by atoms with Gasteiger partial charge in [-0.05, 0) is 35.4 Å². The van der Waals surface area contributed by atoms with Crippen LogP contribution in [0.3, 0.4) is 0 Å². The Hall–Kier alpha value is -3.74. The molecule has 1 atom stereocenters. The van der Waals surface area contributed by atoms with E-state index in [4.69, 9.17) is 0 Å². The van der Waals surface area contributed by atoms with Crippen LogP contribution < -0.4 is 5.56 Å². The first kappa shape index (κ1) is 27.3. The van der Waals surface area contributed by atoms with Gasteiger partial charge in [0.2, 0.25) is 0 Å². The van der Waals surface area contributed by atoms with Gasteiger partial charge in [-0.25, -0.2) is 4.98 Å². The monoisotopic (exact) mass is 538 g/mol. The fraction of sp³-hybridized carbons (Fsp3) is 0.231. The van der Waals surface area contributed by atoms with Gasteiger partial charge in [-0.1, -0.05) is 48.5 Å². The van der Waals surface area contributed by atoms with E-state index in [1.54, 1.807) is 30.3 Å². The summed E-state index contributed by atoms with van der Waals surface area (Å²) in [5.74, 6) is 0.138. The molecule has 0 saturated carbocycles. The maximum Gasteiger partial charge on any atom is 0.430 e. The Morgan fingerprint density at radius 1 is 0.868 bits per heavy atom. The van der Waals surface area contributed by atoms with Crippen LogP contribution in [-0.2, 0) is 12.0 Å². The predicted octanol–water partition coefficient (Wildman–Crippen LogP) is 4.31. The predicted molar refractivity (Wildman–Crippen MR) is 125 cm³/mol. The second kappa shape index (κ2) is 9.86. The molecule has 6 nitrogen and oxygen atoms in total. The van der Waals surface area contributed by atoms with E-state index in [-0.39, 0.29) is 34.4 Å². The van der Waals surface area contributed by atoms with Crippen molar-refractivity contribution in [1.82, 2.24) is 9.55 Å². The summed E-state index contributed by atoms with van der Waals surface area (Å²) in [5, 5.41) is 28.9. The van der Waals surface area contributed by atoms with Crippen LogP contribution in [0.15, 0.2) is 77.6 Å². The largest absolute Gasteiger partial charge is 0.430 e. The Labute approximate surface area is 211 Å². The summed E-state index contributed by atoms with van der Waals surface area (Å²) < 4.78 is 80.9. The molecule has 1 heterocycles. The van der Waals surface area contributed by atoms with Crippen molar-refractivity contribution >= 4 is 10.9 Å². The molecule has 38 heavy (non-hydrogen) atoms. The number of fused-ring (bicyclic) bond motifs is 1. The highest BCUT2D eigenvalue weighted by Gasteiger charge is 2.71. The van der Waals surface area contributed by atoms with Crippen molar-refractivity contribution in [1.29, 1.82) is 0 Å². The molecule has 0 radical (unpaired) electrons. The third kappa shape index (κ3) is 4.77. The lowest BCUT2D eigenvalue weighted by atomic mass is 9.92. The highest BCUT2D eigenvalue weighted by molar-refractivity contribution is 5.79. The molecule has 12 heteroatoms. The van der Waals surface area contributed by atoms with Crippen molar-refractivity contribution in [2.75, 3.05) is 6.61 Å². The number of nitrogens with zero attached hydrogens (tertiary/aromatic N) is 2. The average molecular weight is 538 g/mol. The number of hydrogen-bond donors (Lipinski definition) is 3. The van der Waals surface area contributed by atoms with Gasteiger partial charge in [0.05, 0.1) is 23.2 Å². The van der Waals surface area contributed by atoms with E-state index in [0.29, 0.717) is 12.1 Å². The Morgan fingerprint density at radius 2 is 1.47 bits per heavy atom. The van der Waals surface area contributed by atoms with E-state index in [1.807, 2.05) is 0 Å². The molecule has 0 saturated heterocycles. The zero-order chi connectivity index (χ0) is 27.9. The third-order valence-electron chi connectivity index (χ3n) is 6.09. The molecule has 0 amide bonds. The molecule has 1 unspecified atom stereocenters. The number of benzene rings is 3. The molecule has 0 aliphatic rings. The first-order valence-corrected chi connectivity index (χ1v) is 11.1. The number of aliphatic hydroxyl groups excluding tert-OH is 2. The summed E-state index contributed by atoms with van der Waals surface area (Å²) in [4.78, 5) is 18.1. The van der Waals surface area contributed by atoms with Crippen molar-refractivity contribution in [3.63, 3.8) is 0 Å². The molecule has 3 N–H and O–H groups in total. The zero-order valence-corrected chi connectivity index (χ0v) is 19.3. The molecule has 1 aromatic heterocycles. The van der Waals surface area contributed by atoms with E-state index >= 15 is 0 Å². The Kier molecular flexibility index (Phi) is 7.08. The fourth-order valence-electron chi connectivity index (χ4n) is 4.06. The highest BCUT2D eigenvalue weighted by Crippen LogP contribution is 2.50. The van der Waals surface area contributed by atoms with E-state index in [9.17, 15) is 46.5 Å². The fourth-order valence-corrected chi connectivity index (χ4v) is 4.06. The lowest BCUT2D eigenvalue weighted by molar-refractivity contribution is -0.376. The van der Waals surface area contributed by atoms with E-state index in [2.05, 4.69) is 4.98 Å². The van der Waals surface area contributed by atoms with Crippen LogP contribution in [0.5, 0.6) is 0 Å². The van der Waals surface area contributed by atoms with Crippen LogP contribution in [0, 0.1) is 0 Å². The minimum atomic E-state index is -6.06. The summed E-state index contributed by atoms with van der Waals surface area (Å²) in [7, 11) is 0. The molecule has 0 spiro atoms. The third-order valence-corrected chi connectivity index (χ3v) is 6.09. The molecule has 4 rings (SSSR count). The van der Waals surface area contributed by atoms with Crippen LogP contribution >= 0.6 is 0 Å². The van der Waals surface area contributed by atoms with Gasteiger partial charge < -0.3 is 15.3 Å². The van der Waals surface area contributed by atoms with E-state index in [1.165, 1.54) is 18.2 Å². The molecule has 0 fully saturated rings. The Morgan fingerprint density at radius 3 is 2.03 bits per heavy atom. The Bertz CT molecular complexity index is 1490. The van der Waals surface area contributed by atoms with Crippen LogP contribution in [-0.4, -0.2) is 43.8 Å². The molecule has 200 valence electrons. The smallest absolute Gasteiger partial charge is 0.393 e. The molecular weight excluding hydrogens is 518 g/mol. The number of aromatic nitrogens is 2. The number of aliphatic hydroxyl groups is 3. The molecular formula is C26H20F6N2O4. The standard InChI is InChI=1S/C26H20F6N2O4/c27-25(28,29)24(38,26(30,31)32)17-7-9-18(10-8-17)34-22(12-15-4-2-1-3-5-15)33-20-11-6-16(21(36)14-35)13-19(20)23(34)37/h1-11,13,21,35-36,38H,12,14H2. The maximum atomic E-state index is 13.6. The zero-order valence-electron chi connectivity index (χ0n) is 19.3. The number of rotatable bonds is 6. The number of hydrogen-bond acceptors (Lipinski definition) is 5. The van der Waals surface area contributed by atoms with Crippen molar-refractivity contribution in [3.05, 3.63) is 106 Å². The van der Waals surface area contributed by atoms with Crippen LogP contribution in [0.25, 0.3) is 16.6 Å². The van der Waals surface area contributed by atoms with Gasteiger partial charge in [0.25, 0.3) is 11.2 Å². The van der Waals surface area contributed by atoms with Crippen LogP contribution in [0.2, 0.25) is 0 Å². The van der Waals surface area contributed by atoms with Gasteiger partial charge in [-0.3, -0.25) is 9.36 Å². The van der Waals surface area contributed by atoms with Gasteiger partial charge in [-0.15, -0.1) is 0 Å². The van der Waals surface area contributed by atoms with Crippen LogP contribution in [0.4, 0.5) is 26.3 Å². The van der Waals surface area contributed by atoms with E-state index < -0.39 is 41.8 Å². The average Bonchev–Trinajstić information content (AvgIpc) is 2.87. The second-order valence-electron chi connectivity index (χ2n) is 8.56. The van der Waals surface area contributed by atoms with Gasteiger partial charge in [0.15, 0.2) is 0 Å². The highest BCUT2D eigenvalue weighted by atomic mass is 19.4. The molecule has 3 aromatic carbocycles. The van der Waals surface area contributed by atoms with Crippen molar-refractivity contribution in [2.24, 2.45) is 0 Å². The van der Waals surface area contributed by atoms with Crippen molar-refractivity contribution in [2.45, 2.75) is 30.5 Å². The van der Waals surface area contributed by atoms with E-state index in [0.717, 1.165) is 22.3 Å². The molecule has 0 bridgehead atoms. The molecule has 0 aliphatic heterocycles. The normalized spacial score (nSPS) is 13.6. The van der Waals surface area contributed by atoms with Crippen LogP contribution in [0.1, 0.15) is 28.6 Å². The van der Waals surface area contributed by atoms with Crippen molar-refractivity contribution in [3.8, 4) is 5.69 Å². The summed E-state index contributed by atoms with van der Waals surface area (Å²) in [5.41, 5.74) is -6.24. The summed E-state index contributed by atoms with van der Waals surface area (Å²) in [6, 6.07) is 15.6. The molecule has 4 aromatic rings. The second-order valence-corrected chi connectivity index (χ2v) is 8.56. The summed E-state index contributed by atoms with van der Waals surface area (Å²) in [6.45, 7) is -0.623. The quantitative estimate of drug-likeness (QED) is 0.318. The van der Waals surface area contributed by atoms with Crippen molar-refractivity contribution < 1.29 is 41.7 Å². The topological polar surface area (TPSA) is 95.6 Å².